The molecule has 0 spiro atoms. The van der Waals surface area contributed by atoms with Crippen LogP contribution in [0.3, 0.4) is 0 Å². The Labute approximate surface area is 129 Å². The molecule has 2 aromatic rings. The first-order valence-electron chi connectivity index (χ1n) is 7.23. The minimum Gasteiger partial charge on any atom is -0.491 e. The Kier molecular flexibility index (Phi) is 3.91. The molecule has 22 heavy (non-hydrogen) atoms. The van der Waals surface area contributed by atoms with Gasteiger partial charge in [0.15, 0.2) is 0 Å². The van der Waals surface area contributed by atoms with E-state index in [9.17, 15) is 0 Å². The summed E-state index contributed by atoms with van der Waals surface area (Å²) in [7, 11) is 0. The summed E-state index contributed by atoms with van der Waals surface area (Å²) in [6.07, 6.45) is 6.28. The normalized spacial score (nSPS) is 13.9. The van der Waals surface area contributed by atoms with Crippen molar-refractivity contribution in [3.8, 4) is 17.0 Å². The highest BCUT2D eigenvalue weighted by Crippen LogP contribution is 2.37. The zero-order chi connectivity index (χ0) is 15.5. The predicted molar refractivity (Wildman–Crippen MR) is 84.0 cm³/mol. The first kappa shape index (κ1) is 14.3. The monoisotopic (exact) mass is 298 g/mol. The Bertz CT molecular complexity index is 699. The SMILES string of the molecule is CC(C)Oc1nc(N)nc(C2=CCCO2)c1-c1ccncc1. The van der Waals surface area contributed by atoms with Gasteiger partial charge in [-0.2, -0.15) is 4.98 Å². The van der Waals surface area contributed by atoms with Crippen molar-refractivity contribution in [2.75, 3.05) is 12.3 Å². The van der Waals surface area contributed by atoms with Gasteiger partial charge in [-0.1, -0.05) is 0 Å². The van der Waals surface area contributed by atoms with E-state index in [-0.39, 0.29) is 12.1 Å². The summed E-state index contributed by atoms with van der Waals surface area (Å²) in [4.78, 5) is 12.7. The van der Waals surface area contributed by atoms with Gasteiger partial charge in [0.2, 0.25) is 11.8 Å². The van der Waals surface area contributed by atoms with Crippen LogP contribution in [-0.4, -0.2) is 27.7 Å². The molecule has 0 fully saturated rings. The van der Waals surface area contributed by atoms with Crippen molar-refractivity contribution in [2.24, 2.45) is 0 Å². The van der Waals surface area contributed by atoms with Crippen LogP contribution in [0.1, 0.15) is 26.0 Å². The van der Waals surface area contributed by atoms with Crippen LogP contribution in [0.25, 0.3) is 16.9 Å². The number of anilines is 1. The topological polar surface area (TPSA) is 83.2 Å². The molecule has 2 N–H and O–H groups in total. The number of ether oxygens (including phenoxy) is 2. The van der Waals surface area contributed by atoms with E-state index in [4.69, 9.17) is 15.2 Å². The van der Waals surface area contributed by atoms with Crippen molar-refractivity contribution < 1.29 is 9.47 Å². The molecule has 6 nitrogen and oxygen atoms in total. The third-order valence-electron chi connectivity index (χ3n) is 3.15. The molecule has 0 aromatic carbocycles. The molecule has 1 aliphatic rings. The second-order valence-electron chi connectivity index (χ2n) is 5.22. The highest BCUT2D eigenvalue weighted by Gasteiger charge is 2.22. The third-order valence-corrected chi connectivity index (χ3v) is 3.15. The van der Waals surface area contributed by atoms with E-state index in [2.05, 4.69) is 15.0 Å². The first-order chi connectivity index (χ1) is 10.6. The summed E-state index contributed by atoms with van der Waals surface area (Å²) in [6.45, 7) is 4.54. The van der Waals surface area contributed by atoms with Gasteiger partial charge in [0.05, 0.1) is 18.3 Å². The van der Waals surface area contributed by atoms with Crippen LogP contribution in [-0.2, 0) is 4.74 Å². The van der Waals surface area contributed by atoms with E-state index < -0.39 is 0 Å². The second kappa shape index (κ2) is 6.01. The minimum absolute atomic E-state index is 0.0267. The first-order valence-corrected chi connectivity index (χ1v) is 7.23. The van der Waals surface area contributed by atoms with Gasteiger partial charge in [0, 0.05) is 18.8 Å². The molecule has 0 unspecified atom stereocenters. The molecule has 0 amide bonds. The van der Waals surface area contributed by atoms with Crippen LogP contribution in [0.4, 0.5) is 5.95 Å². The molecule has 0 saturated heterocycles. The summed E-state index contributed by atoms with van der Waals surface area (Å²) < 4.78 is 11.5. The maximum absolute atomic E-state index is 5.85. The Morgan fingerprint density at radius 3 is 2.64 bits per heavy atom. The lowest BCUT2D eigenvalue weighted by Gasteiger charge is -2.17. The number of aromatic nitrogens is 3. The largest absolute Gasteiger partial charge is 0.491 e. The maximum atomic E-state index is 5.85. The van der Waals surface area contributed by atoms with Crippen LogP contribution < -0.4 is 10.5 Å². The van der Waals surface area contributed by atoms with Gasteiger partial charge < -0.3 is 15.2 Å². The second-order valence-corrected chi connectivity index (χ2v) is 5.22. The van der Waals surface area contributed by atoms with E-state index in [0.717, 1.165) is 23.3 Å². The summed E-state index contributed by atoms with van der Waals surface area (Å²) in [5.41, 5.74) is 8.20. The number of nitrogens with two attached hydrogens (primary N) is 1. The summed E-state index contributed by atoms with van der Waals surface area (Å²) in [5.74, 6) is 1.34. The molecule has 0 atom stereocenters. The lowest BCUT2D eigenvalue weighted by Crippen LogP contribution is -2.12. The van der Waals surface area contributed by atoms with Crippen molar-refractivity contribution in [2.45, 2.75) is 26.4 Å². The number of nitrogens with zero attached hydrogens (tertiary/aromatic N) is 3. The molecule has 0 radical (unpaired) electrons. The lowest BCUT2D eigenvalue weighted by atomic mass is 10.0. The third kappa shape index (κ3) is 2.86. The highest BCUT2D eigenvalue weighted by atomic mass is 16.5. The Hall–Kier alpha value is -2.63. The molecule has 1 aliphatic heterocycles. The summed E-state index contributed by atoms with van der Waals surface area (Å²) in [5, 5.41) is 0. The molecular formula is C16H18N4O2. The highest BCUT2D eigenvalue weighted by molar-refractivity contribution is 5.81. The summed E-state index contributed by atoms with van der Waals surface area (Å²) >= 11 is 0. The van der Waals surface area contributed by atoms with E-state index in [0.29, 0.717) is 18.2 Å². The van der Waals surface area contributed by atoms with Crippen LogP contribution in [0, 0.1) is 0 Å². The van der Waals surface area contributed by atoms with Crippen molar-refractivity contribution in [1.29, 1.82) is 0 Å². The fourth-order valence-corrected chi connectivity index (χ4v) is 2.31. The average Bonchev–Trinajstić information content (AvgIpc) is 3.01. The van der Waals surface area contributed by atoms with Crippen LogP contribution in [0.15, 0.2) is 30.6 Å². The predicted octanol–water partition coefficient (Wildman–Crippen LogP) is 2.67. The zero-order valence-electron chi connectivity index (χ0n) is 12.6. The molecule has 0 aliphatic carbocycles. The van der Waals surface area contributed by atoms with Crippen molar-refractivity contribution in [3.63, 3.8) is 0 Å². The van der Waals surface area contributed by atoms with E-state index in [1.807, 2.05) is 32.1 Å². The van der Waals surface area contributed by atoms with Crippen molar-refractivity contribution in [1.82, 2.24) is 15.0 Å². The van der Waals surface area contributed by atoms with Gasteiger partial charge in [-0.25, -0.2) is 4.98 Å². The molecule has 2 aromatic heterocycles. The maximum Gasteiger partial charge on any atom is 0.227 e. The quantitative estimate of drug-likeness (QED) is 0.934. The van der Waals surface area contributed by atoms with E-state index in [1.165, 1.54) is 0 Å². The molecule has 6 heteroatoms. The molecule has 3 rings (SSSR count). The number of rotatable bonds is 4. The fourth-order valence-electron chi connectivity index (χ4n) is 2.31. The number of hydrogen-bond donors (Lipinski definition) is 1. The molecule has 114 valence electrons. The standard InChI is InChI=1S/C16H18N4O2/c1-10(2)22-15-13(11-5-7-18-8-6-11)14(19-16(17)20-15)12-4-3-9-21-12/h4-8,10H,3,9H2,1-2H3,(H2,17,19,20). The number of hydrogen-bond acceptors (Lipinski definition) is 6. The van der Waals surface area contributed by atoms with Gasteiger partial charge >= 0.3 is 0 Å². The molecule has 0 saturated carbocycles. The van der Waals surface area contributed by atoms with Crippen molar-refractivity contribution in [3.05, 3.63) is 36.3 Å². The van der Waals surface area contributed by atoms with Gasteiger partial charge in [-0.05, 0) is 37.6 Å². The zero-order valence-corrected chi connectivity index (χ0v) is 12.6. The Morgan fingerprint density at radius 1 is 1.23 bits per heavy atom. The molecular weight excluding hydrogens is 280 g/mol. The van der Waals surface area contributed by atoms with Crippen LogP contribution in [0.5, 0.6) is 5.88 Å². The fraction of sp³-hybridized carbons (Fsp3) is 0.312. The minimum atomic E-state index is -0.0267. The van der Waals surface area contributed by atoms with Crippen molar-refractivity contribution >= 4 is 11.7 Å². The summed E-state index contributed by atoms with van der Waals surface area (Å²) in [6, 6.07) is 3.78. The molecule has 0 bridgehead atoms. The van der Waals surface area contributed by atoms with E-state index >= 15 is 0 Å². The Morgan fingerprint density at radius 2 is 2.00 bits per heavy atom. The van der Waals surface area contributed by atoms with Crippen LogP contribution >= 0.6 is 0 Å². The number of nitrogen functional groups attached to an aromatic ring is 1. The van der Waals surface area contributed by atoms with Gasteiger partial charge in [0.25, 0.3) is 0 Å². The molecule has 3 heterocycles. The van der Waals surface area contributed by atoms with Gasteiger partial charge in [0.1, 0.15) is 11.5 Å². The van der Waals surface area contributed by atoms with Gasteiger partial charge in [-0.3, -0.25) is 4.98 Å². The smallest absolute Gasteiger partial charge is 0.227 e. The van der Waals surface area contributed by atoms with Gasteiger partial charge in [-0.15, -0.1) is 0 Å². The van der Waals surface area contributed by atoms with E-state index in [1.54, 1.807) is 12.4 Å². The lowest BCUT2D eigenvalue weighted by molar-refractivity contribution is 0.233. The van der Waals surface area contributed by atoms with Crippen LogP contribution in [0.2, 0.25) is 0 Å². The Balaban J connectivity index is 2.21. The number of pyridine rings is 1. The average molecular weight is 298 g/mol.